The maximum Gasteiger partial charge on any atom is 0.472 e. The van der Waals surface area contributed by atoms with Crippen molar-refractivity contribution in [3.05, 3.63) is 0 Å². The smallest absolute Gasteiger partial charge is 0.462 e. The number of esters is 4. The van der Waals surface area contributed by atoms with E-state index >= 15 is 0 Å². The summed E-state index contributed by atoms with van der Waals surface area (Å²) >= 11 is 0. The fraction of sp³-hybridized carbons (Fsp3) is 0.952. The van der Waals surface area contributed by atoms with Gasteiger partial charge in [-0.1, -0.05) is 383 Å². The molecule has 0 aliphatic heterocycles. The third-order valence-electron chi connectivity index (χ3n) is 20.3. The monoisotopic (exact) mass is 1510 g/mol. The van der Waals surface area contributed by atoms with Gasteiger partial charge in [0.1, 0.15) is 19.3 Å². The molecule has 0 heterocycles. The van der Waals surface area contributed by atoms with Gasteiger partial charge in [0.25, 0.3) is 0 Å². The van der Waals surface area contributed by atoms with E-state index in [0.29, 0.717) is 25.7 Å². The highest BCUT2D eigenvalue weighted by Gasteiger charge is 2.30. The van der Waals surface area contributed by atoms with Crippen LogP contribution in [0.3, 0.4) is 0 Å². The number of aliphatic hydroxyl groups excluding tert-OH is 1. The molecule has 612 valence electrons. The molecule has 0 spiro atoms. The van der Waals surface area contributed by atoms with Gasteiger partial charge in [-0.15, -0.1) is 0 Å². The molecule has 7 atom stereocenters. The van der Waals surface area contributed by atoms with Crippen LogP contribution >= 0.6 is 15.6 Å². The van der Waals surface area contributed by atoms with Gasteiger partial charge in [0, 0.05) is 25.7 Å². The standard InChI is InChI=1S/C84H164O17P2/c1-9-76(7)62-54-46-38-29-23-19-15-13-11-12-14-16-22-26-32-42-50-58-66-83(88)100-79(70-94-81(86)64-56-48-40-31-25-21-18-17-20-24-30-39-47-55-63-77(8)10-2)72-98-102(90,91)96-68-78(85)69-97-103(92,93)99-73-80(71-95-82(87)65-57-49-41-35-34-37-45-53-61-75(5)6)101-84(89)67-59-51-43-33-27-28-36-44-52-60-74(3)4/h74-80,85H,9-73H2,1-8H3,(H,90,91)(H,92,93)/t76?,77?,78?,79-,80-/m1/s1. The maximum absolute atomic E-state index is 13.1. The topological polar surface area (TPSA) is 237 Å². The molecule has 0 saturated carbocycles. The summed E-state index contributed by atoms with van der Waals surface area (Å²) in [6.45, 7) is 14.3. The van der Waals surface area contributed by atoms with Crippen molar-refractivity contribution >= 4 is 39.5 Å². The minimum absolute atomic E-state index is 0.105. The van der Waals surface area contributed by atoms with Crippen LogP contribution in [-0.2, 0) is 65.4 Å². The van der Waals surface area contributed by atoms with Gasteiger partial charge in [-0.2, -0.15) is 0 Å². The Kier molecular flexibility index (Phi) is 71.5. The Balaban J connectivity index is 5.23. The molecular formula is C84H164O17P2. The molecule has 3 N–H and O–H groups in total. The van der Waals surface area contributed by atoms with Crippen molar-refractivity contribution in [1.82, 2.24) is 0 Å². The summed E-state index contributed by atoms with van der Waals surface area (Å²) in [4.78, 5) is 73.1. The third-order valence-corrected chi connectivity index (χ3v) is 22.2. The third kappa shape index (κ3) is 75.3. The molecule has 17 nitrogen and oxygen atoms in total. The molecule has 0 aromatic carbocycles. The number of carbonyl (C=O) groups excluding carboxylic acids is 4. The fourth-order valence-corrected chi connectivity index (χ4v) is 14.5. The highest BCUT2D eigenvalue weighted by molar-refractivity contribution is 7.47. The summed E-state index contributed by atoms with van der Waals surface area (Å²) in [6, 6.07) is 0. The summed E-state index contributed by atoms with van der Waals surface area (Å²) in [5.74, 6) is 1.07. The zero-order valence-corrected chi connectivity index (χ0v) is 69.7. The highest BCUT2D eigenvalue weighted by atomic mass is 31.2. The molecule has 19 heteroatoms. The van der Waals surface area contributed by atoms with E-state index in [4.69, 9.17) is 37.0 Å². The van der Waals surface area contributed by atoms with Crippen LogP contribution < -0.4 is 0 Å². The number of phosphoric acid groups is 2. The largest absolute Gasteiger partial charge is 0.472 e. The molecule has 0 aromatic heterocycles. The number of hydrogen-bond donors (Lipinski definition) is 3. The van der Waals surface area contributed by atoms with Crippen LogP contribution in [0.2, 0.25) is 0 Å². The molecule has 0 amide bonds. The molecule has 103 heavy (non-hydrogen) atoms. The molecule has 0 bridgehead atoms. The number of unbranched alkanes of at least 4 members (excludes halogenated alkanes) is 45. The molecule has 0 aliphatic carbocycles. The van der Waals surface area contributed by atoms with Crippen molar-refractivity contribution in [2.75, 3.05) is 39.6 Å². The number of aliphatic hydroxyl groups is 1. The van der Waals surface area contributed by atoms with Crippen molar-refractivity contribution in [1.29, 1.82) is 0 Å². The van der Waals surface area contributed by atoms with Gasteiger partial charge in [-0.3, -0.25) is 37.3 Å². The number of phosphoric ester groups is 2. The Morgan fingerprint density at radius 1 is 0.272 bits per heavy atom. The van der Waals surface area contributed by atoms with Crippen LogP contribution in [0, 0.1) is 23.7 Å². The van der Waals surface area contributed by atoms with E-state index in [1.165, 1.54) is 238 Å². The van der Waals surface area contributed by atoms with Crippen LogP contribution in [0.5, 0.6) is 0 Å². The molecule has 0 aliphatic rings. The van der Waals surface area contributed by atoms with Crippen molar-refractivity contribution in [3.63, 3.8) is 0 Å². The molecule has 5 unspecified atom stereocenters. The van der Waals surface area contributed by atoms with E-state index < -0.39 is 97.5 Å². The Bertz CT molecular complexity index is 2010. The lowest BCUT2D eigenvalue weighted by Crippen LogP contribution is -2.30. The summed E-state index contributed by atoms with van der Waals surface area (Å²) in [6.07, 6.45) is 61.1. The first-order valence-corrected chi connectivity index (χ1v) is 46.3. The number of ether oxygens (including phenoxy) is 4. The zero-order valence-electron chi connectivity index (χ0n) is 68.0. The van der Waals surface area contributed by atoms with Gasteiger partial charge in [-0.05, 0) is 49.4 Å². The van der Waals surface area contributed by atoms with Crippen LogP contribution in [-0.4, -0.2) is 96.7 Å². The van der Waals surface area contributed by atoms with E-state index in [9.17, 15) is 43.2 Å². The van der Waals surface area contributed by atoms with Crippen molar-refractivity contribution < 1.29 is 80.2 Å². The van der Waals surface area contributed by atoms with Gasteiger partial charge in [0.15, 0.2) is 12.2 Å². The first kappa shape index (κ1) is 101. The van der Waals surface area contributed by atoms with E-state index in [-0.39, 0.29) is 25.7 Å². The molecule has 0 saturated heterocycles. The minimum atomic E-state index is -4.97. The second-order valence-electron chi connectivity index (χ2n) is 31.7. The minimum Gasteiger partial charge on any atom is -0.462 e. The molecular weight excluding hydrogens is 1340 g/mol. The van der Waals surface area contributed by atoms with Crippen LogP contribution in [0.4, 0.5) is 0 Å². The molecule has 0 rings (SSSR count). The molecule has 0 radical (unpaired) electrons. The van der Waals surface area contributed by atoms with E-state index in [2.05, 4.69) is 55.4 Å². The summed E-state index contributed by atoms with van der Waals surface area (Å²) in [5.41, 5.74) is 0. The molecule has 0 fully saturated rings. The predicted molar refractivity (Wildman–Crippen MR) is 423 cm³/mol. The van der Waals surface area contributed by atoms with Crippen LogP contribution in [0.15, 0.2) is 0 Å². The fourth-order valence-electron chi connectivity index (χ4n) is 12.9. The SMILES string of the molecule is CCC(C)CCCCCCCCCCCCCCCCCCCCC(=O)O[C@H](COC(=O)CCCCCCCCCCCCCCCCC(C)CC)COP(=O)(O)OCC(O)COP(=O)(O)OC[C@@H](COC(=O)CCCCCCCCCCC(C)C)OC(=O)CCCCCCCCCCCC(C)C. The first-order valence-electron chi connectivity index (χ1n) is 43.3. The van der Waals surface area contributed by atoms with Crippen LogP contribution in [0.1, 0.15) is 434 Å². The number of rotatable bonds is 81. The molecule has 0 aromatic rings. The lowest BCUT2D eigenvalue weighted by molar-refractivity contribution is -0.161. The second-order valence-corrected chi connectivity index (χ2v) is 34.6. The number of hydrogen-bond acceptors (Lipinski definition) is 15. The van der Waals surface area contributed by atoms with Crippen molar-refractivity contribution in [3.8, 4) is 0 Å². The summed E-state index contributed by atoms with van der Waals surface area (Å²) < 4.78 is 68.8. The quantitative estimate of drug-likeness (QED) is 0.0222. The normalized spacial score (nSPS) is 14.5. The van der Waals surface area contributed by atoms with Crippen molar-refractivity contribution in [2.45, 2.75) is 453 Å². The highest BCUT2D eigenvalue weighted by Crippen LogP contribution is 2.45. The Hall–Kier alpha value is -1.94. The van der Waals surface area contributed by atoms with E-state index in [1.807, 2.05) is 0 Å². The Morgan fingerprint density at radius 3 is 0.689 bits per heavy atom. The number of carbonyl (C=O) groups is 4. The predicted octanol–water partition coefficient (Wildman–Crippen LogP) is 25.2. The van der Waals surface area contributed by atoms with Gasteiger partial charge in [0.2, 0.25) is 0 Å². The average Bonchev–Trinajstić information content (AvgIpc) is 0.913. The average molecular weight is 1510 g/mol. The Labute approximate surface area is 632 Å². The lowest BCUT2D eigenvalue weighted by atomic mass is 9.99. The zero-order chi connectivity index (χ0) is 76.0. The second kappa shape index (κ2) is 72.9. The van der Waals surface area contributed by atoms with E-state index in [1.54, 1.807) is 0 Å². The lowest BCUT2D eigenvalue weighted by Gasteiger charge is -2.21. The Morgan fingerprint density at radius 2 is 0.466 bits per heavy atom. The van der Waals surface area contributed by atoms with Gasteiger partial charge < -0.3 is 33.8 Å². The van der Waals surface area contributed by atoms with Gasteiger partial charge >= 0.3 is 39.5 Å². The first-order chi connectivity index (χ1) is 49.7. The van der Waals surface area contributed by atoms with Gasteiger partial charge in [-0.25, -0.2) is 9.13 Å². The van der Waals surface area contributed by atoms with Crippen LogP contribution in [0.25, 0.3) is 0 Å². The van der Waals surface area contributed by atoms with E-state index in [0.717, 1.165) is 114 Å². The summed E-state index contributed by atoms with van der Waals surface area (Å²) in [7, 11) is -9.93. The van der Waals surface area contributed by atoms with Crippen molar-refractivity contribution in [2.24, 2.45) is 23.7 Å². The summed E-state index contributed by atoms with van der Waals surface area (Å²) in [5, 5.41) is 10.7. The van der Waals surface area contributed by atoms with Gasteiger partial charge in [0.05, 0.1) is 26.4 Å². The maximum atomic E-state index is 13.1.